The summed E-state index contributed by atoms with van der Waals surface area (Å²) in [5.41, 5.74) is 0.519. The molecule has 110 valence electrons. The van der Waals surface area contributed by atoms with Crippen LogP contribution in [0.4, 0.5) is 0 Å². The van der Waals surface area contributed by atoms with Crippen LogP contribution in [0.3, 0.4) is 0 Å². The number of hydrogen-bond donors (Lipinski definition) is 1. The van der Waals surface area contributed by atoms with E-state index in [1.54, 1.807) is 18.6 Å². The summed E-state index contributed by atoms with van der Waals surface area (Å²) in [4.78, 5) is 16.0. The van der Waals surface area contributed by atoms with Crippen LogP contribution in [0.2, 0.25) is 0 Å². The second-order valence-electron chi connectivity index (χ2n) is 5.01. The first-order chi connectivity index (χ1) is 9.76. The second-order valence-corrected chi connectivity index (χ2v) is 5.01. The standard InChI is InChI=1S/C14H23N5O/c1-3-7-16-12(4-2)6-5-9-19-14(20)18-10-8-15-11-13(18)17-19/h8,10-12,16H,3-7,9H2,1-2H3. The molecule has 2 aromatic rings. The monoisotopic (exact) mass is 277 g/mol. The van der Waals surface area contributed by atoms with Gasteiger partial charge in [-0.3, -0.25) is 4.98 Å². The Labute approximate surface area is 118 Å². The minimum Gasteiger partial charge on any atom is -0.314 e. The molecule has 0 aliphatic carbocycles. The molecule has 0 fully saturated rings. The summed E-state index contributed by atoms with van der Waals surface area (Å²) in [5.74, 6) is 0. The molecule has 0 radical (unpaired) electrons. The minimum atomic E-state index is -0.0861. The average molecular weight is 277 g/mol. The molecule has 0 bridgehead atoms. The lowest BCUT2D eigenvalue weighted by atomic mass is 10.1. The van der Waals surface area contributed by atoms with Gasteiger partial charge in [0, 0.05) is 25.0 Å². The highest BCUT2D eigenvalue weighted by Crippen LogP contribution is 2.03. The molecule has 0 aliphatic heterocycles. The highest BCUT2D eigenvalue weighted by molar-refractivity contribution is 5.31. The topological polar surface area (TPSA) is 64.2 Å². The van der Waals surface area contributed by atoms with E-state index in [9.17, 15) is 4.79 Å². The van der Waals surface area contributed by atoms with Crippen molar-refractivity contribution < 1.29 is 0 Å². The fourth-order valence-corrected chi connectivity index (χ4v) is 2.31. The maximum absolute atomic E-state index is 12.1. The van der Waals surface area contributed by atoms with Crippen LogP contribution in [0.25, 0.3) is 5.65 Å². The molecule has 0 saturated carbocycles. The van der Waals surface area contributed by atoms with Crippen LogP contribution >= 0.6 is 0 Å². The summed E-state index contributed by atoms with van der Waals surface area (Å²) in [5, 5.41) is 7.80. The molecular formula is C14H23N5O. The van der Waals surface area contributed by atoms with Crippen LogP contribution < -0.4 is 11.0 Å². The molecule has 1 unspecified atom stereocenters. The molecule has 0 aromatic carbocycles. The van der Waals surface area contributed by atoms with Crippen molar-refractivity contribution in [2.24, 2.45) is 0 Å². The van der Waals surface area contributed by atoms with E-state index in [0.717, 1.165) is 32.2 Å². The molecule has 0 amide bonds. The molecule has 6 heteroatoms. The summed E-state index contributed by atoms with van der Waals surface area (Å²) in [6.45, 7) is 6.07. The minimum absolute atomic E-state index is 0.0861. The fourth-order valence-electron chi connectivity index (χ4n) is 2.31. The van der Waals surface area contributed by atoms with Crippen molar-refractivity contribution in [2.75, 3.05) is 6.54 Å². The summed E-state index contributed by atoms with van der Waals surface area (Å²) >= 11 is 0. The van der Waals surface area contributed by atoms with Gasteiger partial charge in [-0.25, -0.2) is 13.9 Å². The predicted octanol–water partition coefficient (Wildman–Crippen LogP) is 1.45. The molecule has 0 aliphatic rings. The van der Waals surface area contributed by atoms with Crippen molar-refractivity contribution in [1.82, 2.24) is 24.5 Å². The highest BCUT2D eigenvalue weighted by Gasteiger charge is 2.08. The first-order valence-corrected chi connectivity index (χ1v) is 7.38. The number of hydrogen-bond acceptors (Lipinski definition) is 4. The fraction of sp³-hybridized carbons (Fsp3) is 0.643. The van der Waals surface area contributed by atoms with Gasteiger partial charge in [0.05, 0.1) is 6.20 Å². The zero-order valence-corrected chi connectivity index (χ0v) is 12.2. The normalized spacial score (nSPS) is 12.9. The van der Waals surface area contributed by atoms with Gasteiger partial charge in [-0.15, -0.1) is 5.10 Å². The zero-order chi connectivity index (χ0) is 14.4. The first-order valence-electron chi connectivity index (χ1n) is 7.38. The van der Waals surface area contributed by atoms with Gasteiger partial charge in [0.15, 0.2) is 5.65 Å². The third-order valence-corrected chi connectivity index (χ3v) is 3.49. The Hall–Kier alpha value is -1.69. The van der Waals surface area contributed by atoms with Crippen LogP contribution in [0.15, 0.2) is 23.4 Å². The Morgan fingerprint density at radius 1 is 1.40 bits per heavy atom. The average Bonchev–Trinajstić information content (AvgIpc) is 2.80. The molecule has 1 atom stereocenters. The summed E-state index contributed by atoms with van der Waals surface area (Å²) < 4.78 is 3.06. The Balaban J connectivity index is 1.92. The predicted molar refractivity (Wildman–Crippen MR) is 78.9 cm³/mol. The molecule has 20 heavy (non-hydrogen) atoms. The Bertz CT molecular complexity index is 589. The summed E-state index contributed by atoms with van der Waals surface area (Å²) in [7, 11) is 0. The number of nitrogens with zero attached hydrogens (tertiary/aromatic N) is 4. The number of aromatic nitrogens is 4. The van der Waals surface area contributed by atoms with Gasteiger partial charge in [0.25, 0.3) is 0 Å². The molecule has 1 N–H and O–H groups in total. The van der Waals surface area contributed by atoms with Gasteiger partial charge in [0.2, 0.25) is 0 Å². The van der Waals surface area contributed by atoms with Crippen molar-refractivity contribution in [3.05, 3.63) is 29.1 Å². The van der Waals surface area contributed by atoms with E-state index in [0.29, 0.717) is 18.2 Å². The molecule has 6 nitrogen and oxygen atoms in total. The van der Waals surface area contributed by atoms with Crippen molar-refractivity contribution in [3.63, 3.8) is 0 Å². The van der Waals surface area contributed by atoms with E-state index in [-0.39, 0.29) is 5.69 Å². The second kappa shape index (κ2) is 7.19. The van der Waals surface area contributed by atoms with Crippen LogP contribution in [-0.4, -0.2) is 31.8 Å². The SMILES string of the molecule is CCCNC(CC)CCCn1nc2cnccn2c1=O. The van der Waals surface area contributed by atoms with Gasteiger partial charge >= 0.3 is 5.69 Å². The summed E-state index contributed by atoms with van der Waals surface area (Å²) in [6, 6.07) is 0.532. The number of nitrogens with one attached hydrogen (secondary N) is 1. The van der Waals surface area contributed by atoms with Crippen molar-refractivity contribution in [1.29, 1.82) is 0 Å². The molecule has 2 aromatic heterocycles. The first kappa shape index (κ1) is 14.7. The lowest BCUT2D eigenvalue weighted by Crippen LogP contribution is -2.30. The third-order valence-electron chi connectivity index (χ3n) is 3.49. The highest BCUT2D eigenvalue weighted by atomic mass is 16.2. The molecular weight excluding hydrogens is 254 g/mol. The van der Waals surface area contributed by atoms with Crippen LogP contribution in [0.1, 0.15) is 39.5 Å². The van der Waals surface area contributed by atoms with Crippen LogP contribution in [0.5, 0.6) is 0 Å². The summed E-state index contributed by atoms with van der Waals surface area (Å²) in [6.07, 6.45) is 9.14. The van der Waals surface area contributed by atoms with E-state index in [4.69, 9.17) is 0 Å². The smallest absolute Gasteiger partial charge is 0.314 e. The van der Waals surface area contributed by atoms with Gasteiger partial charge in [-0.1, -0.05) is 13.8 Å². The number of fused-ring (bicyclic) bond motifs is 1. The maximum atomic E-state index is 12.1. The largest absolute Gasteiger partial charge is 0.350 e. The van der Waals surface area contributed by atoms with Crippen molar-refractivity contribution >= 4 is 5.65 Å². The van der Waals surface area contributed by atoms with Crippen LogP contribution in [0, 0.1) is 0 Å². The van der Waals surface area contributed by atoms with E-state index in [1.165, 1.54) is 9.08 Å². The number of rotatable bonds is 8. The molecule has 0 saturated heterocycles. The van der Waals surface area contributed by atoms with E-state index in [1.807, 2.05) is 0 Å². The maximum Gasteiger partial charge on any atom is 0.350 e. The van der Waals surface area contributed by atoms with E-state index < -0.39 is 0 Å². The van der Waals surface area contributed by atoms with Crippen molar-refractivity contribution in [3.8, 4) is 0 Å². The third kappa shape index (κ3) is 3.45. The molecule has 2 rings (SSSR count). The Morgan fingerprint density at radius 3 is 2.95 bits per heavy atom. The van der Waals surface area contributed by atoms with Crippen LogP contribution in [-0.2, 0) is 6.54 Å². The molecule has 0 spiro atoms. The lowest BCUT2D eigenvalue weighted by molar-refractivity contribution is 0.428. The van der Waals surface area contributed by atoms with E-state index >= 15 is 0 Å². The Kier molecular flexibility index (Phi) is 5.29. The lowest BCUT2D eigenvalue weighted by Gasteiger charge is -2.15. The van der Waals surface area contributed by atoms with Gasteiger partial charge in [0.1, 0.15) is 0 Å². The van der Waals surface area contributed by atoms with Gasteiger partial charge < -0.3 is 5.32 Å². The number of aryl methyl sites for hydroxylation is 1. The van der Waals surface area contributed by atoms with Gasteiger partial charge in [-0.05, 0) is 32.2 Å². The van der Waals surface area contributed by atoms with Gasteiger partial charge in [-0.2, -0.15) is 0 Å². The van der Waals surface area contributed by atoms with Crippen molar-refractivity contribution in [2.45, 2.75) is 52.1 Å². The van der Waals surface area contributed by atoms with E-state index in [2.05, 4.69) is 29.2 Å². The molecule has 2 heterocycles. The zero-order valence-electron chi connectivity index (χ0n) is 12.2. The quantitative estimate of drug-likeness (QED) is 0.793. The Morgan fingerprint density at radius 2 is 2.25 bits per heavy atom.